The summed E-state index contributed by atoms with van der Waals surface area (Å²) < 4.78 is 1.83. The molecule has 0 bridgehead atoms. The lowest BCUT2D eigenvalue weighted by Crippen LogP contribution is -2.26. The first-order valence-corrected chi connectivity index (χ1v) is 5.28. The van der Waals surface area contributed by atoms with Gasteiger partial charge in [0.1, 0.15) is 0 Å². The lowest BCUT2D eigenvalue weighted by molar-refractivity contribution is -0.151. The molecule has 1 aromatic heterocycles. The summed E-state index contributed by atoms with van der Waals surface area (Å²) in [6.07, 6.45) is 1.20. The summed E-state index contributed by atoms with van der Waals surface area (Å²) >= 11 is 0. The molecule has 0 radical (unpaired) electrons. The largest absolute Gasteiger partial charge is 0.356 e. The normalized spacial score (nSPS) is 10.5. The van der Waals surface area contributed by atoms with Crippen LogP contribution in [-0.4, -0.2) is 15.7 Å². The molecule has 3 N–H and O–H groups in total. The van der Waals surface area contributed by atoms with E-state index in [2.05, 4.69) is 16.9 Å². The van der Waals surface area contributed by atoms with Crippen molar-refractivity contribution in [2.45, 2.75) is 40.2 Å². The maximum atomic E-state index is 11.1. The number of nitrogens with zero attached hydrogens (tertiary/aromatic N) is 2. The highest BCUT2D eigenvalue weighted by Gasteiger charge is 2.11. The molecule has 0 fully saturated rings. The fourth-order valence-electron chi connectivity index (χ4n) is 1.78. The number of carbonyl (C=O) groups is 1. The van der Waals surface area contributed by atoms with E-state index in [1.54, 1.807) is 0 Å². The average Bonchev–Trinajstić information content (AvgIpc) is 2.51. The first-order chi connectivity index (χ1) is 7.60. The molecule has 1 aromatic rings. The highest BCUT2D eigenvalue weighted by Crippen LogP contribution is 2.13. The van der Waals surface area contributed by atoms with Crippen molar-refractivity contribution in [2.24, 2.45) is 5.84 Å². The smallest absolute Gasteiger partial charge is 0.328 e. The van der Waals surface area contributed by atoms with Gasteiger partial charge in [0.2, 0.25) is 0 Å². The van der Waals surface area contributed by atoms with Gasteiger partial charge in [0, 0.05) is 5.69 Å². The van der Waals surface area contributed by atoms with Crippen LogP contribution in [-0.2, 0) is 22.6 Å². The number of aryl methyl sites for hydroxylation is 2. The second-order valence-corrected chi connectivity index (χ2v) is 3.57. The summed E-state index contributed by atoms with van der Waals surface area (Å²) in [6.45, 7) is 6.58. The summed E-state index contributed by atoms with van der Waals surface area (Å²) in [6, 6.07) is 0. The van der Waals surface area contributed by atoms with Gasteiger partial charge in [0.15, 0.2) is 0 Å². The number of aromatic nitrogens is 2. The van der Waals surface area contributed by atoms with Crippen molar-refractivity contribution in [3.8, 4) is 0 Å². The van der Waals surface area contributed by atoms with Crippen LogP contribution in [0.2, 0.25) is 0 Å². The van der Waals surface area contributed by atoms with Gasteiger partial charge in [-0.2, -0.15) is 5.10 Å². The number of hydrogen-bond donors (Lipinski definition) is 2. The maximum Gasteiger partial charge on any atom is 0.328 e. The van der Waals surface area contributed by atoms with E-state index in [0.717, 1.165) is 17.8 Å². The van der Waals surface area contributed by atoms with Crippen LogP contribution in [0.15, 0.2) is 0 Å². The molecule has 0 spiro atoms. The Morgan fingerprint density at radius 2 is 2.25 bits per heavy atom. The third kappa shape index (κ3) is 2.80. The zero-order valence-corrected chi connectivity index (χ0v) is 9.91. The summed E-state index contributed by atoms with van der Waals surface area (Å²) in [5.74, 6) is 4.47. The third-order valence-electron chi connectivity index (χ3n) is 2.59. The zero-order chi connectivity index (χ0) is 12.1. The SMILES string of the molecule is CCc1c(C)nn(CCC(=O)ONN)c1C. The molecule has 0 aliphatic rings. The summed E-state index contributed by atoms with van der Waals surface area (Å²) in [4.78, 5) is 15.5. The fourth-order valence-corrected chi connectivity index (χ4v) is 1.78. The topological polar surface area (TPSA) is 82.2 Å². The zero-order valence-electron chi connectivity index (χ0n) is 9.91. The van der Waals surface area contributed by atoms with Crippen LogP contribution in [0, 0.1) is 13.8 Å². The van der Waals surface area contributed by atoms with E-state index in [1.807, 2.05) is 24.1 Å². The summed E-state index contributed by atoms with van der Waals surface area (Å²) in [5.41, 5.74) is 5.23. The van der Waals surface area contributed by atoms with E-state index in [0.29, 0.717) is 6.54 Å². The molecule has 0 amide bonds. The lowest BCUT2D eigenvalue weighted by atomic mass is 10.1. The second-order valence-electron chi connectivity index (χ2n) is 3.57. The maximum absolute atomic E-state index is 11.1. The second kappa shape index (κ2) is 5.62. The van der Waals surface area contributed by atoms with Crippen molar-refractivity contribution in [2.75, 3.05) is 0 Å². The molecule has 0 aliphatic carbocycles. The molecule has 1 rings (SSSR count). The molecule has 0 atom stereocenters. The minimum atomic E-state index is -0.395. The van der Waals surface area contributed by atoms with E-state index in [9.17, 15) is 4.79 Å². The van der Waals surface area contributed by atoms with Crippen LogP contribution in [0.3, 0.4) is 0 Å². The fraction of sp³-hybridized carbons (Fsp3) is 0.600. The first kappa shape index (κ1) is 12.7. The number of hydrogen-bond acceptors (Lipinski definition) is 5. The standard InChI is InChI=1S/C10H18N4O2/c1-4-9-7(2)12-14(8(9)3)6-5-10(15)16-13-11/h13H,4-6,11H2,1-3H3. The van der Waals surface area contributed by atoms with Gasteiger partial charge >= 0.3 is 5.97 Å². The monoisotopic (exact) mass is 226 g/mol. The molecule has 0 saturated carbocycles. The molecule has 0 saturated heterocycles. The van der Waals surface area contributed by atoms with E-state index in [4.69, 9.17) is 5.84 Å². The van der Waals surface area contributed by atoms with Crippen molar-refractivity contribution in [1.82, 2.24) is 15.4 Å². The molecular formula is C10H18N4O2. The highest BCUT2D eigenvalue weighted by atomic mass is 16.7. The van der Waals surface area contributed by atoms with Gasteiger partial charge in [-0.05, 0) is 25.8 Å². The molecule has 0 aliphatic heterocycles. The molecule has 0 aromatic carbocycles. The van der Waals surface area contributed by atoms with E-state index < -0.39 is 5.97 Å². The Morgan fingerprint density at radius 1 is 1.56 bits per heavy atom. The van der Waals surface area contributed by atoms with Crippen LogP contribution in [0.5, 0.6) is 0 Å². The third-order valence-corrected chi connectivity index (χ3v) is 2.59. The Bertz CT molecular complexity index is 373. The Morgan fingerprint density at radius 3 is 2.75 bits per heavy atom. The average molecular weight is 226 g/mol. The van der Waals surface area contributed by atoms with Crippen molar-refractivity contribution >= 4 is 5.97 Å². The molecule has 0 unspecified atom stereocenters. The van der Waals surface area contributed by atoms with Gasteiger partial charge in [-0.25, -0.2) is 5.84 Å². The van der Waals surface area contributed by atoms with Gasteiger partial charge in [0.25, 0.3) is 0 Å². The van der Waals surface area contributed by atoms with Gasteiger partial charge < -0.3 is 4.84 Å². The van der Waals surface area contributed by atoms with E-state index >= 15 is 0 Å². The lowest BCUT2D eigenvalue weighted by Gasteiger charge is -2.04. The van der Waals surface area contributed by atoms with Crippen molar-refractivity contribution in [1.29, 1.82) is 0 Å². The van der Waals surface area contributed by atoms with Crippen LogP contribution in [0.25, 0.3) is 0 Å². The van der Waals surface area contributed by atoms with E-state index in [-0.39, 0.29) is 6.42 Å². The molecule has 6 heteroatoms. The number of hydrazine groups is 1. The quantitative estimate of drug-likeness (QED) is 0.560. The number of carbonyl (C=O) groups excluding carboxylic acids is 1. The Kier molecular flexibility index (Phi) is 4.45. The summed E-state index contributed by atoms with van der Waals surface area (Å²) in [7, 11) is 0. The van der Waals surface area contributed by atoms with Gasteiger partial charge in [0.05, 0.1) is 18.7 Å². The minimum absolute atomic E-state index is 0.245. The van der Waals surface area contributed by atoms with Crippen molar-refractivity contribution in [3.63, 3.8) is 0 Å². The van der Waals surface area contributed by atoms with Crippen LogP contribution in [0.1, 0.15) is 30.3 Å². The first-order valence-electron chi connectivity index (χ1n) is 5.28. The predicted octanol–water partition coefficient (Wildman–Crippen LogP) is 0.374. The number of nitrogens with two attached hydrogens (primary N) is 1. The number of nitrogens with one attached hydrogen (secondary N) is 1. The molecule has 16 heavy (non-hydrogen) atoms. The van der Waals surface area contributed by atoms with Gasteiger partial charge in [-0.1, -0.05) is 12.5 Å². The molecular weight excluding hydrogens is 208 g/mol. The Labute approximate surface area is 94.7 Å². The molecule has 6 nitrogen and oxygen atoms in total. The van der Waals surface area contributed by atoms with Crippen LogP contribution < -0.4 is 11.4 Å². The molecule has 90 valence electrons. The number of rotatable bonds is 5. The molecule has 1 heterocycles. The van der Waals surface area contributed by atoms with Gasteiger partial charge in [-0.3, -0.25) is 9.48 Å². The minimum Gasteiger partial charge on any atom is -0.356 e. The van der Waals surface area contributed by atoms with Crippen molar-refractivity contribution in [3.05, 3.63) is 17.0 Å². The Balaban J connectivity index is 2.64. The van der Waals surface area contributed by atoms with Crippen LogP contribution >= 0.6 is 0 Å². The van der Waals surface area contributed by atoms with Crippen LogP contribution in [0.4, 0.5) is 0 Å². The van der Waals surface area contributed by atoms with E-state index in [1.165, 1.54) is 5.56 Å². The van der Waals surface area contributed by atoms with Gasteiger partial charge in [-0.15, -0.1) is 0 Å². The predicted molar refractivity (Wildman–Crippen MR) is 59.1 cm³/mol. The van der Waals surface area contributed by atoms with Crippen molar-refractivity contribution < 1.29 is 9.63 Å². The Hall–Kier alpha value is -1.40. The highest BCUT2D eigenvalue weighted by molar-refractivity contribution is 5.68. The summed E-state index contributed by atoms with van der Waals surface area (Å²) in [5, 5.41) is 4.37.